The Hall–Kier alpha value is -2.24. The lowest BCUT2D eigenvalue weighted by atomic mass is 10.2. The van der Waals surface area contributed by atoms with Crippen molar-refractivity contribution in [3.05, 3.63) is 64.0 Å². The number of hydrogen-bond acceptors (Lipinski definition) is 4. The molecule has 2 aromatic carbocycles. The monoisotopic (exact) mass is 345 g/mol. The summed E-state index contributed by atoms with van der Waals surface area (Å²) in [6.07, 6.45) is 1.68. The van der Waals surface area contributed by atoms with Crippen molar-refractivity contribution in [3.63, 3.8) is 0 Å². The summed E-state index contributed by atoms with van der Waals surface area (Å²) in [7, 11) is 1.50. The maximum Gasteiger partial charge on any atom is 0.298 e. The molecule has 0 spiro atoms. The molecule has 0 saturated carbocycles. The van der Waals surface area contributed by atoms with Crippen LogP contribution in [0.5, 0.6) is 5.75 Å². The van der Waals surface area contributed by atoms with Gasteiger partial charge in [0.2, 0.25) is 0 Å². The fourth-order valence-corrected chi connectivity index (χ4v) is 3.16. The average Bonchev–Trinajstić information content (AvgIpc) is 2.83. The molecule has 116 valence electrons. The molecule has 0 radical (unpaired) electrons. The lowest BCUT2D eigenvalue weighted by molar-refractivity contribution is -0.113. The Morgan fingerprint density at radius 2 is 1.78 bits per heavy atom. The SMILES string of the molecule is COc1ccccc1N1C(=O)SC(=Cc2ccc(Cl)cc2)C1=O. The summed E-state index contributed by atoms with van der Waals surface area (Å²) in [6, 6.07) is 14.0. The molecule has 3 rings (SSSR count). The van der Waals surface area contributed by atoms with E-state index in [9.17, 15) is 9.59 Å². The Labute approximate surface area is 142 Å². The van der Waals surface area contributed by atoms with Gasteiger partial charge in [0.1, 0.15) is 5.75 Å². The minimum absolute atomic E-state index is 0.347. The molecule has 0 N–H and O–H groups in total. The number of nitrogens with zero attached hydrogens (tertiary/aromatic N) is 1. The van der Waals surface area contributed by atoms with Crippen LogP contribution in [0.1, 0.15) is 5.56 Å². The normalized spacial score (nSPS) is 16.3. The summed E-state index contributed by atoms with van der Waals surface area (Å²) in [6.45, 7) is 0. The summed E-state index contributed by atoms with van der Waals surface area (Å²) in [5.74, 6) is 0.113. The molecule has 1 saturated heterocycles. The van der Waals surface area contributed by atoms with E-state index in [2.05, 4.69) is 0 Å². The first-order chi connectivity index (χ1) is 11.1. The summed E-state index contributed by atoms with van der Waals surface area (Å²) in [4.78, 5) is 26.3. The standard InChI is InChI=1S/C17H12ClNO3S/c1-22-14-5-3-2-4-13(14)19-16(20)15(23-17(19)21)10-11-6-8-12(18)9-7-11/h2-10H,1H3. The molecule has 0 atom stereocenters. The van der Waals surface area contributed by atoms with Crippen molar-refractivity contribution >= 4 is 46.3 Å². The quantitative estimate of drug-likeness (QED) is 0.763. The maximum atomic E-state index is 12.6. The Balaban J connectivity index is 1.95. The molecule has 0 unspecified atom stereocenters. The van der Waals surface area contributed by atoms with Crippen molar-refractivity contribution < 1.29 is 14.3 Å². The highest BCUT2D eigenvalue weighted by Crippen LogP contribution is 2.39. The molecule has 6 heteroatoms. The molecule has 1 fully saturated rings. The number of benzene rings is 2. The number of para-hydroxylation sites is 2. The molecule has 23 heavy (non-hydrogen) atoms. The van der Waals surface area contributed by atoms with Crippen molar-refractivity contribution in [2.75, 3.05) is 12.0 Å². The lowest BCUT2D eigenvalue weighted by Crippen LogP contribution is -2.28. The molecule has 1 aliphatic rings. The van der Waals surface area contributed by atoms with Crippen LogP contribution in [0, 0.1) is 0 Å². The fraction of sp³-hybridized carbons (Fsp3) is 0.0588. The number of hydrogen-bond donors (Lipinski definition) is 0. The Kier molecular flexibility index (Phi) is 4.41. The topological polar surface area (TPSA) is 46.6 Å². The van der Waals surface area contributed by atoms with E-state index in [1.54, 1.807) is 54.6 Å². The summed E-state index contributed by atoms with van der Waals surface area (Å²) < 4.78 is 5.23. The highest BCUT2D eigenvalue weighted by atomic mass is 35.5. The van der Waals surface area contributed by atoms with Gasteiger partial charge in [-0.05, 0) is 47.7 Å². The van der Waals surface area contributed by atoms with Crippen molar-refractivity contribution in [2.24, 2.45) is 0 Å². The molecule has 0 bridgehead atoms. The number of amides is 2. The van der Waals surface area contributed by atoms with E-state index in [0.29, 0.717) is 21.4 Å². The Morgan fingerprint density at radius 3 is 2.48 bits per heavy atom. The second-order valence-electron chi connectivity index (χ2n) is 4.74. The van der Waals surface area contributed by atoms with Gasteiger partial charge in [0.15, 0.2) is 0 Å². The molecule has 0 aliphatic carbocycles. The van der Waals surface area contributed by atoms with Crippen molar-refractivity contribution in [1.29, 1.82) is 0 Å². The third-order valence-electron chi connectivity index (χ3n) is 3.29. The number of anilines is 1. The maximum absolute atomic E-state index is 12.6. The zero-order chi connectivity index (χ0) is 16.4. The van der Waals surface area contributed by atoms with Gasteiger partial charge >= 0.3 is 0 Å². The van der Waals surface area contributed by atoms with E-state index < -0.39 is 0 Å². The van der Waals surface area contributed by atoms with E-state index in [0.717, 1.165) is 22.2 Å². The first-order valence-electron chi connectivity index (χ1n) is 6.76. The second kappa shape index (κ2) is 6.48. The molecule has 1 aliphatic heterocycles. The average molecular weight is 346 g/mol. The zero-order valence-electron chi connectivity index (χ0n) is 12.2. The van der Waals surface area contributed by atoms with Crippen molar-refractivity contribution in [1.82, 2.24) is 0 Å². The van der Waals surface area contributed by atoms with Crippen LogP contribution in [0.4, 0.5) is 10.5 Å². The third-order valence-corrected chi connectivity index (χ3v) is 4.41. The predicted octanol–water partition coefficient (Wildman–Crippen LogP) is 4.59. The highest BCUT2D eigenvalue weighted by molar-refractivity contribution is 8.19. The largest absolute Gasteiger partial charge is 0.495 e. The van der Waals surface area contributed by atoms with Gasteiger partial charge in [-0.2, -0.15) is 0 Å². The van der Waals surface area contributed by atoms with Gasteiger partial charge in [-0.15, -0.1) is 0 Å². The number of carbonyl (C=O) groups excluding carboxylic acids is 2. The smallest absolute Gasteiger partial charge is 0.298 e. The van der Waals surface area contributed by atoms with Gasteiger partial charge < -0.3 is 4.74 Å². The van der Waals surface area contributed by atoms with Crippen LogP contribution in [0.25, 0.3) is 6.08 Å². The van der Waals surface area contributed by atoms with Gasteiger partial charge in [0.05, 0.1) is 17.7 Å². The number of halogens is 1. The van der Waals surface area contributed by atoms with Crippen LogP contribution < -0.4 is 9.64 Å². The lowest BCUT2D eigenvalue weighted by Gasteiger charge is -2.15. The highest BCUT2D eigenvalue weighted by Gasteiger charge is 2.37. The Morgan fingerprint density at radius 1 is 1.09 bits per heavy atom. The van der Waals surface area contributed by atoms with Crippen molar-refractivity contribution in [2.45, 2.75) is 0 Å². The van der Waals surface area contributed by atoms with Crippen LogP contribution in [0.2, 0.25) is 5.02 Å². The van der Waals surface area contributed by atoms with E-state index in [1.807, 2.05) is 0 Å². The number of ether oxygens (including phenoxy) is 1. The van der Waals surface area contributed by atoms with E-state index in [4.69, 9.17) is 16.3 Å². The van der Waals surface area contributed by atoms with E-state index >= 15 is 0 Å². The van der Waals surface area contributed by atoms with Crippen LogP contribution in [0.3, 0.4) is 0 Å². The second-order valence-corrected chi connectivity index (χ2v) is 6.17. The number of rotatable bonds is 3. The molecular weight excluding hydrogens is 334 g/mol. The van der Waals surface area contributed by atoms with Gasteiger partial charge in [0, 0.05) is 5.02 Å². The van der Waals surface area contributed by atoms with E-state index in [-0.39, 0.29) is 11.1 Å². The molecule has 1 heterocycles. The molecule has 2 aromatic rings. The number of carbonyl (C=O) groups is 2. The molecular formula is C17H12ClNO3S. The van der Waals surface area contributed by atoms with Crippen LogP contribution >= 0.6 is 23.4 Å². The molecule has 4 nitrogen and oxygen atoms in total. The molecule has 2 amide bonds. The van der Waals surface area contributed by atoms with E-state index in [1.165, 1.54) is 7.11 Å². The van der Waals surface area contributed by atoms with Crippen molar-refractivity contribution in [3.8, 4) is 5.75 Å². The zero-order valence-corrected chi connectivity index (χ0v) is 13.7. The van der Waals surface area contributed by atoms with Gasteiger partial charge in [-0.3, -0.25) is 9.59 Å². The first-order valence-corrected chi connectivity index (χ1v) is 7.96. The Bertz CT molecular complexity index is 802. The fourth-order valence-electron chi connectivity index (χ4n) is 2.20. The first kappa shape index (κ1) is 15.6. The number of methoxy groups -OCH3 is 1. The van der Waals surface area contributed by atoms with Gasteiger partial charge in [-0.25, -0.2) is 4.90 Å². The molecule has 0 aromatic heterocycles. The minimum Gasteiger partial charge on any atom is -0.495 e. The van der Waals surface area contributed by atoms with Crippen LogP contribution in [-0.4, -0.2) is 18.3 Å². The predicted molar refractivity (Wildman–Crippen MR) is 92.9 cm³/mol. The minimum atomic E-state index is -0.362. The van der Waals surface area contributed by atoms with Crippen LogP contribution in [0.15, 0.2) is 53.4 Å². The van der Waals surface area contributed by atoms with Gasteiger partial charge in [-0.1, -0.05) is 35.9 Å². The third kappa shape index (κ3) is 3.11. The summed E-state index contributed by atoms with van der Waals surface area (Å²) in [5, 5.41) is 0.268. The van der Waals surface area contributed by atoms with Crippen LogP contribution in [-0.2, 0) is 4.79 Å². The summed E-state index contributed by atoms with van der Waals surface area (Å²) in [5.41, 5.74) is 1.25. The number of thioether (sulfide) groups is 1. The summed E-state index contributed by atoms with van der Waals surface area (Å²) >= 11 is 6.75. The van der Waals surface area contributed by atoms with Gasteiger partial charge in [0.25, 0.3) is 11.1 Å². The number of imide groups is 1.